The number of pyridine rings is 1. The van der Waals surface area contributed by atoms with Crippen molar-refractivity contribution in [3.63, 3.8) is 0 Å². The van der Waals surface area contributed by atoms with Crippen molar-refractivity contribution in [1.29, 1.82) is 0 Å². The van der Waals surface area contributed by atoms with Gasteiger partial charge in [-0.1, -0.05) is 23.7 Å². The van der Waals surface area contributed by atoms with Crippen LogP contribution in [-0.4, -0.2) is 70.7 Å². The van der Waals surface area contributed by atoms with E-state index in [-0.39, 0.29) is 13.2 Å². The van der Waals surface area contributed by atoms with Gasteiger partial charge in [-0.15, -0.1) is 5.10 Å². The molecule has 2 aromatic heterocycles. The molecule has 0 aliphatic carbocycles. The maximum absolute atomic E-state index is 12.7. The lowest BCUT2D eigenvalue weighted by Gasteiger charge is -2.40. The van der Waals surface area contributed by atoms with E-state index in [1.165, 1.54) is 15.3 Å². The van der Waals surface area contributed by atoms with Gasteiger partial charge < -0.3 is 30.3 Å². The quantitative estimate of drug-likeness (QED) is 0.338. The largest absolute Gasteiger partial charge is 0.394 e. The fraction of sp³-hybridized carbons (Fsp3) is 0.400. The van der Waals surface area contributed by atoms with Crippen LogP contribution < -0.4 is 5.69 Å². The Morgan fingerprint density at radius 1 is 1.06 bits per heavy atom. The number of nitrogens with zero attached hydrogens (tertiary/aromatic N) is 3. The van der Waals surface area contributed by atoms with Crippen molar-refractivity contribution in [3.05, 3.63) is 68.7 Å². The lowest BCUT2D eigenvalue weighted by molar-refractivity contribution is -0.231. The molecule has 1 aliphatic heterocycles. The highest BCUT2D eigenvalue weighted by Crippen LogP contribution is 2.34. The number of halogens is 1. The molecule has 1 aromatic carbocycles. The van der Waals surface area contributed by atoms with Gasteiger partial charge in [-0.2, -0.15) is 0 Å². The summed E-state index contributed by atoms with van der Waals surface area (Å²) in [6.07, 6.45) is -4.93. The van der Waals surface area contributed by atoms with E-state index in [9.17, 15) is 30.3 Å². The fourth-order valence-corrected chi connectivity index (χ4v) is 3.87. The second kappa shape index (κ2) is 8.67. The smallest absolute Gasteiger partial charge is 0.350 e. The summed E-state index contributed by atoms with van der Waals surface area (Å²) >= 11 is 6.31. The summed E-state index contributed by atoms with van der Waals surface area (Å²) in [5, 5.41) is 53.7. The minimum atomic E-state index is -1.50. The molecule has 0 unspecified atom stereocenters. The topological polar surface area (TPSA) is 150 Å². The van der Waals surface area contributed by atoms with E-state index in [1.54, 1.807) is 30.3 Å². The highest BCUT2D eigenvalue weighted by Gasteiger charge is 2.44. The van der Waals surface area contributed by atoms with Crippen LogP contribution in [0.25, 0.3) is 5.65 Å². The maximum atomic E-state index is 12.7. The molecule has 10 nitrogen and oxygen atoms in total. The van der Waals surface area contributed by atoms with Gasteiger partial charge in [-0.25, -0.2) is 13.9 Å². The predicted octanol–water partition coefficient (Wildman–Crippen LogP) is -0.795. The summed E-state index contributed by atoms with van der Waals surface area (Å²) in [5.41, 5.74) is 1.53. The minimum absolute atomic E-state index is 0.0269. The van der Waals surface area contributed by atoms with E-state index in [2.05, 4.69) is 5.10 Å². The van der Waals surface area contributed by atoms with Crippen LogP contribution in [0.3, 0.4) is 0 Å². The van der Waals surface area contributed by atoms with E-state index >= 15 is 0 Å². The average Bonchev–Trinajstić information content (AvgIpc) is 3.08. The number of benzene rings is 1. The molecule has 166 valence electrons. The molecule has 0 amide bonds. The first-order valence-electron chi connectivity index (χ1n) is 9.62. The highest BCUT2D eigenvalue weighted by molar-refractivity contribution is 6.31. The molecule has 3 aromatic rings. The molecule has 11 heteroatoms. The van der Waals surface area contributed by atoms with Gasteiger partial charge in [0, 0.05) is 11.2 Å². The number of rotatable bonds is 5. The first-order chi connectivity index (χ1) is 14.8. The van der Waals surface area contributed by atoms with Gasteiger partial charge in [0.15, 0.2) is 5.65 Å². The molecule has 31 heavy (non-hydrogen) atoms. The molecular formula is C20H22ClN3O7. The lowest BCUT2D eigenvalue weighted by atomic mass is 9.90. The summed E-state index contributed by atoms with van der Waals surface area (Å²) in [4.78, 5) is 12.7. The Morgan fingerprint density at radius 2 is 1.84 bits per heavy atom. The average molecular weight is 452 g/mol. The maximum Gasteiger partial charge on any atom is 0.350 e. The van der Waals surface area contributed by atoms with Crippen LogP contribution in [0, 0.1) is 0 Å². The summed E-state index contributed by atoms with van der Waals surface area (Å²) in [7, 11) is 0. The van der Waals surface area contributed by atoms with E-state index in [4.69, 9.17) is 16.3 Å². The number of fused-ring (bicyclic) bond motifs is 1. The molecule has 3 heterocycles. The van der Waals surface area contributed by atoms with Gasteiger partial charge in [0.1, 0.15) is 30.5 Å². The van der Waals surface area contributed by atoms with Crippen molar-refractivity contribution >= 4 is 17.2 Å². The zero-order valence-corrected chi connectivity index (χ0v) is 17.0. The Morgan fingerprint density at radius 3 is 2.55 bits per heavy atom. The van der Waals surface area contributed by atoms with Crippen LogP contribution in [0.1, 0.15) is 22.8 Å². The Bertz CT molecular complexity index is 1150. The lowest BCUT2D eigenvalue weighted by Crippen LogP contribution is -2.55. The van der Waals surface area contributed by atoms with E-state index in [1.807, 2.05) is 0 Å². The van der Waals surface area contributed by atoms with Crippen LogP contribution in [0.15, 0.2) is 41.3 Å². The second-order valence-electron chi connectivity index (χ2n) is 7.46. The van der Waals surface area contributed by atoms with E-state index in [0.29, 0.717) is 27.4 Å². The molecule has 1 aliphatic rings. The summed E-state index contributed by atoms with van der Waals surface area (Å²) in [6.45, 7) is -0.714. The van der Waals surface area contributed by atoms with Crippen molar-refractivity contribution in [2.24, 2.45) is 0 Å². The van der Waals surface area contributed by atoms with E-state index < -0.39 is 42.8 Å². The molecule has 1 fully saturated rings. The molecule has 0 spiro atoms. The first-order valence-corrected chi connectivity index (χ1v) is 9.99. The Labute approximate surface area is 181 Å². The molecule has 4 rings (SSSR count). The minimum Gasteiger partial charge on any atom is -0.394 e. The molecule has 1 saturated heterocycles. The van der Waals surface area contributed by atoms with Gasteiger partial charge in [0.25, 0.3) is 0 Å². The zero-order valence-electron chi connectivity index (χ0n) is 16.2. The van der Waals surface area contributed by atoms with Crippen molar-refractivity contribution in [3.8, 4) is 0 Å². The highest BCUT2D eigenvalue weighted by atomic mass is 35.5. The van der Waals surface area contributed by atoms with Crippen LogP contribution in [0.4, 0.5) is 0 Å². The molecule has 0 bridgehead atoms. The number of hydrogen-bond donors (Lipinski definition) is 5. The number of ether oxygens (including phenoxy) is 1. The number of aliphatic hydroxyl groups is 5. The van der Waals surface area contributed by atoms with Gasteiger partial charge in [0.05, 0.1) is 19.8 Å². The zero-order chi connectivity index (χ0) is 22.3. The molecule has 0 saturated carbocycles. The van der Waals surface area contributed by atoms with E-state index in [0.717, 1.165) is 0 Å². The van der Waals surface area contributed by atoms with Crippen LogP contribution in [0.2, 0.25) is 5.02 Å². The van der Waals surface area contributed by atoms with Crippen LogP contribution in [-0.2, 0) is 17.9 Å². The van der Waals surface area contributed by atoms with Crippen molar-refractivity contribution < 1.29 is 30.3 Å². The van der Waals surface area contributed by atoms with Crippen LogP contribution >= 0.6 is 11.6 Å². The molecule has 5 N–H and O–H groups in total. The first kappa shape index (κ1) is 21.9. The third-order valence-corrected chi connectivity index (χ3v) is 5.80. The Balaban J connectivity index is 1.67. The normalized spacial score (nSPS) is 26.5. The fourth-order valence-electron chi connectivity index (χ4n) is 3.69. The predicted molar refractivity (Wildman–Crippen MR) is 109 cm³/mol. The third-order valence-electron chi connectivity index (χ3n) is 5.43. The summed E-state index contributed by atoms with van der Waals surface area (Å²) < 4.78 is 8.13. The molecule has 5 atom stereocenters. The van der Waals surface area contributed by atoms with Gasteiger partial charge in [0.2, 0.25) is 0 Å². The Hall–Kier alpha value is -2.31. The standard InChI is InChI=1S/C20H22ClN3O7/c21-13-3-2-11(19-18(29)17(28)16(27)14(9-26)31-19)5-12(13)7-24-20(30)23-6-10(8-25)1-4-15(23)22-24/h1-6,14,16-19,25-29H,7-9H2/t14-,16-,17+,18+,19+/m1/s1. The number of aromatic nitrogens is 3. The third kappa shape index (κ3) is 3.99. The summed E-state index contributed by atoms with van der Waals surface area (Å²) in [5.74, 6) is 0. The van der Waals surface area contributed by atoms with Crippen molar-refractivity contribution in [2.45, 2.75) is 43.7 Å². The monoisotopic (exact) mass is 451 g/mol. The SMILES string of the molecule is O=c1n(Cc2cc([C@@H]3O[C@H](CO)[C@@H](O)[C@H](O)[C@@H]3O)ccc2Cl)nc2ccc(CO)cn12. The summed E-state index contributed by atoms with van der Waals surface area (Å²) in [6, 6.07) is 8.07. The number of aliphatic hydroxyl groups excluding tert-OH is 5. The van der Waals surface area contributed by atoms with Gasteiger partial charge >= 0.3 is 5.69 Å². The van der Waals surface area contributed by atoms with Gasteiger partial charge in [-0.05, 0) is 34.9 Å². The Kier molecular flexibility index (Phi) is 6.13. The van der Waals surface area contributed by atoms with Crippen molar-refractivity contribution in [1.82, 2.24) is 14.2 Å². The molecule has 0 radical (unpaired) electrons. The van der Waals surface area contributed by atoms with Crippen molar-refractivity contribution in [2.75, 3.05) is 6.61 Å². The number of hydrogen-bond acceptors (Lipinski definition) is 8. The van der Waals surface area contributed by atoms with Gasteiger partial charge in [-0.3, -0.25) is 0 Å². The van der Waals surface area contributed by atoms with Crippen LogP contribution in [0.5, 0.6) is 0 Å². The second-order valence-corrected chi connectivity index (χ2v) is 7.87. The molecular weight excluding hydrogens is 430 g/mol.